The van der Waals surface area contributed by atoms with Gasteiger partial charge in [-0.15, -0.1) is 0 Å². The first-order chi connectivity index (χ1) is 4.79. The predicted molar refractivity (Wildman–Crippen MR) is 42.6 cm³/mol. The largest absolute Gasteiger partial charge is 0.446 e. The van der Waals surface area contributed by atoms with Gasteiger partial charge >= 0.3 is 6.09 Å². The lowest BCUT2D eigenvalue weighted by Gasteiger charge is -2.20. The van der Waals surface area contributed by atoms with Gasteiger partial charge in [-0.2, -0.15) is 0 Å². The third-order valence-electron chi connectivity index (χ3n) is 1.84. The second-order valence-electron chi connectivity index (χ2n) is 2.70. The molecule has 0 spiro atoms. The molecule has 0 aromatic heterocycles. The van der Waals surface area contributed by atoms with E-state index in [0.717, 1.165) is 25.7 Å². The van der Waals surface area contributed by atoms with Crippen molar-refractivity contribution in [3.05, 3.63) is 0 Å². The van der Waals surface area contributed by atoms with E-state index in [1.165, 1.54) is 6.42 Å². The second-order valence-corrected chi connectivity index (χ2v) is 2.70. The van der Waals surface area contributed by atoms with Gasteiger partial charge < -0.3 is 16.6 Å². The van der Waals surface area contributed by atoms with Crippen LogP contribution in [0.5, 0.6) is 0 Å². The van der Waals surface area contributed by atoms with Crippen molar-refractivity contribution in [2.75, 3.05) is 0 Å². The highest BCUT2D eigenvalue weighted by molar-refractivity contribution is 5.64. The normalized spacial score (nSPS) is 18.5. The van der Waals surface area contributed by atoms with Crippen LogP contribution in [0.2, 0.25) is 0 Å². The Kier molecular flexibility index (Phi) is 4.61. The van der Waals surface area contributed by atoms with Crippen molar-refractivity contribution in [3.8, 4) is 0 Å². The van der Waals surface area contributed by atoms with Crippen LogP contribution in [0.25, 0.3) is 0 Å². The molecule has 0 bridgehead atoms. The van der Waals surface area contributed by atoms with Crippen molar-refractivity contribution in [1.82, 2.24) is 6.15 Å². The molecule has 0 aromatic rings. The van der Waals surface area contributed by atoms with Crippen molar-refractivity contribution in [3.63, 3.8) is 0 Å². The van der Waals surface area contributed by atoms with Crippen LogP contribution in [-0.4, -0.2) is 12.2 Å². The van der Waals surface area contributed by atoms with Crippen LogP contribution in [0, 0.1) is 0 Å². The van der Waals surface area contributed by atoms with Gasteiger partial charge in [-0.25, -0.2) is 4.79 Å². The Balaban J connectivity index is 0.000001000. The molecule has 1 aliphatic rings. The van der Waals surface area contributed by atoms with Crippen molar-refractivity contribution in [2.45, 2.75) is 38.2 Å². The third-order valence-corrected chi connectivity index (χ3v) is 1.84. The SMILES string of the molecule is N.NC(=O)OC1CCCCC1. The highest BCUT2D eigenvalue weighted by Crippen LogP contribution is 2.19. The van der Waals surface area contributed by atoms with Gasteiger partial charge in [0.15, 0.2) is 0 Å². The predicted octanol–water partition coefficient (Wildman–Crippen LogP) is 1.58. The maximum atomic E-state index is 10.3. The summed E-state index contributed by atoms with van der Waals surface area (Å²) < 4.78 is 4.83. The van der Waals surface area contributed by atoms with Crippen molar-refractivity contribution in [1.29, 1.82) is 0 Å². The fraction of sp³-hybridized carbons (Fsp3) is 0.857. The molecule has 66 valence electrons. The molecule has 0 aromatic carbocycles. The standard InChI is InChI=1S/C7H13NO2.H3N/c8-7(9)10-6-4-2-1-3-5-6;/h6H,1-5H2,(H2,8,9);1H3. The maximum Gasteiger partial charge on any atom is 0.404 e. The molecule has 1 amide bonds. The number of carbonyl (C=O) groups is 1. The van der Waals surface area contributed by atoms with Crippen LogP contribution in [-0.2, 0) is 4.74 Å². The Morgan fingerprint density at radius 2 is 1.82 bits per heavy atom. The number of amides is 1. The number of ether oxygens (including phenoxy) is 1. The van der Waals surface area contributed by atoms with Gasteiger partial charge in [0, 0.05) is 0 Å². The van der Waals surface area contributed by atoms with Gasteiger partial charge in [0.05, 0.1) is 0 Å². The van der Waals surface area contributed by atoms with E-state index in [1.54, 1.807) is 0 Å². The van der Waals surface area contributed by atoms with E-state index in [9.17, 15) is 4.79 Å². The summed E-state index contributed by atoms with van der Waals surface area (Å²) in [7, 11) is 0. The molecule has 0 aliphatic heterocycles. The monoisotopic (exact) mass is 160 g/mol. The quantitative estimate of drug-likeness (QED) is 0.610. The molecule has 11 heavy (non-hydrogen) atoms. The minimum absolute atomic E-state index is 0. The molecule has 0 radical (unpaired) electrons. The summed E-state index contributed by atoms with van der Waals surface area (Å²) in [4.78, 5) is 10.3. The Morgan fingerprint density at radius 1 is 1.27 bits per heavy atom. The molecule has 1 saturated carbocycles. The minimum atomic E-state index is -0.632. The summed E-state index contributed by atoms with van der Waals surface area (Å²) in [5.41, 5.74) is 4.86. The first-order valence-corrected chi connectivity index (χ1v) is 3.75. The third kappa shape index (κ3) is 3.83. The van der Waals surface area contributed by atoms with Crippen LogP contribution in [0.4, 0.5) is 4.79 Å². The van der Waals surface area contributed by atoms with Crippen molar-refractivity contribution < 1.29 is 9.53 Å². The van der Waals surface area contributed by atoms with Gasteiger partial charge in [0.2, 0.25) is 0 Å². The van der Waals surface area contributed by atoms with Gasteiger partial charge in [-0.1, -0.05) is 6.42 Å². The zero-order chi connectivity index (χ0) is 7.40. The first kappa shape index (κ1) is 10.2. The summed E-state index contributed by atoms with van der Waals surface area (Å²) in [6, 6.07) is 0. The lowest BCUT2D eigenvalue weighted by atomic mass is 9.98. The fourth-order valence-corrected chi connectivity index (χ4v) is 1.35. The molecule has 1 rings (SSSR count). The maximum absolute atomic E-state index is 10.3. The molecule has 1 fully saturated rings. The molecule has 4 heteroatoms. The average molecular weight is 160 g/mol. The van der Waals surface area contributed by atoms with Gasteiger partial charge in [0.1, 0.15) is 6.10 Å². The first-order valence-electron chi connectivity index (χ1n) is 3.75. The number of hydrogen-bond donors (Lipinski definition) is 2. The minimum Gasteiger partial charge on any atom is -0.446 e. The second kappa shape index (κ2) is 4.96. The average Bonchev–Trinajstić information content (AvgIpc) is 1.88. The zero-order valence-corrected chi connectivity index (χ0v) is 6.71. The fourth-order valence-electron chi connectivity index (χ4n) is 1.35. The molecule has 0 heterocycles. The van der Waals surface area contributed by atoms with E-state index in [-0.39, 0.29) is 12.3 Å². The van der Waals surface area contributed by atoms with Crippen molar-refractivity contribution >= 4 is 6.09 Å². The van der Waals surface area contributed by atoms with E-state index in [0.29, 0.717) is 0 Å². The van der Waals surface area contributed by atoms with Gasteiger partial charge in [-0.3, -0.25) is 0 Å². The van der Waals surface area contributed by atoms with E-state index in [1.807, 2.05) is 0 Å². The molecule has 0 unspecified atom stereocenters. The summed E-state index contributed by atoms with van der Waals surface area (Å²) >= 11 is 0. The summed E-state index contributed by atoms with van der Waals surface area (Å²) in [5.74, 6) is 0. The van der Waals surface area contributed by atoms with E-state index >= 15 is 0 Å². The molecule has 1 aliphatic carbocycles. The van der Waals surface area contributed by atoms with Crippen molar-refractivity contribution in [2.24, 2.45) is 5.73 Å². The molecular weight excluding hydrogens is 144 g/mol. The van der Waals surface area contributed by atoms with Gasteiger partial charge in [-0.05, 0) is 25.7 Å². The molecular formula is C7H16N2O2. The van der Waals surface area contributed by atoms with Gasteiger partial charge in [0.25, 0.3) is 0 Å². The van der Waals surface area contributed by atoms with Crippen LogP contribution in [0.15, 0.2) is 0 Å². The number of primary amides is 1. The van der Waals surface area contributed by atoms with Crippen LogP contribution in [0.3, 0.4) is 0 Å². The molecule has 5 N–H and O–H groups in total. The number of nitrogens with two attached hydrogens (primary N) is 1. The molecule has 0 saturated heterocycles. The lowest BCUT2D eigenvalue weighted by Crippen LogP contribution is -2.24. The van der Waals surface area contributed by atoms with E-state index in [4.69, 9.17) is 10.5 Å². The van der Waals surface area contributed by atoms with Crippen LogP contribution in [0.1, 0.15) is 32.1 Å². The highest BCUT2D eigenvalue weighted by Gasteiger charge is 2.15. The molecule has 4 nitrogen and oxygen atoms in total. The number of carbonyl (C=O) groups excluding carboxylic acids is 1. The topological polar surface area (TPSA) is 87.3 Å². The lowest BCUT2D eigenvalue weighted by molar-refractivity contribution is 0.0829. The van der Waals surface area contributed by atoms with E-state index in [2.05, 4.69) is 0 Å². The summed E-state index contributed by atoms with van der Waals surface area (Å²) in [6.07, 6.45) is 5.04. The zero-order valence-electron chi connectivity index (χ0n) is 6.71. The Labute approximate surface area is 66.7 Å². The van der Waals surface area contributed by atoms with E-state index < -0.39 is 6.09 Å². The number of hydrogen-bond acceptors (Lipinski definition) is 3. The summed E-state index contributed by atoms with van der Waals surface area (Å²) in [5, 5.41) is 0. The summed E-state index contributed by atoms with van der Waals surface area (Å²) in [6.45, 7) is 0. The number of rotatable bonds is 1. The van der Waals surface area contributed by atoms with Crippen LogP contribution >= 0.6 is 0 Å². The highest BCUT2D eigenvalue weighted by atomic mass is 16.6. The van der Waals surface area contributed by atoms with Crippen LogP contribution < -0.4 is 11.9 Å². The Morgan fingerprint density at radius 3 is 2.27 bits per heavy atom. The Hall–Kier alpha value is -0.770. The Bertz CT molecular complexity index is 122. The smallest absolute Gasteiger partial charge is 0.404 e. The molecule has 0 atom stereocenters.